The van der Waals surface area contributed by atoms with Crippen molar-refractivity contribution >= 4 is 20.1 Å². The molecule has 0 heterocycles. The molecule has 0 aromatic heterocycles. The highest BCUT2D eigenvalue weighted by molar-refractivity contribution is 7.26. The second kappa shape index (κ2) is 4.42. The highest BCUT2D eigenvalue weighted by Gasteiger charge is 2.37. The summed E-state index contributed by atoms with van der Waals surface area (Å²) in [5.74, 6) is 1.19. The summed E-state index contributed by atoms with van der Waals surface area (Å²) in [6, 6.07) is 0. The van der Waals surface area contributed by atoms with Gasteiger partial charge in [0.15, 0.2) is 8.46 Å². The van der Waals surface area contributed by atoms with E-state index in [2.05, 4.69) is 27.7 Å². The van der Waals surface area contributed by atoms with Gasteiger partial charge in [0.1, 0.15) is 0 Å². The first-order chi connectivity index (χ1) is 5.01. The van der Waals surface area contributed by atoms with Crippen LogP contribution in [-0.4, -0.2) is 11.0 Å². The lowest BCUT2D eigenvalue weighted by Crippen LogP contribution is -2.36. The molecule has 0 radical (unpaired) electrons. The van der Waals surface area contributed by atoms with Crippen LogP contribution in [0.1, 0.15) is 27.7 Å². The summed E-state index contributed by atoms with van der Waals surface area (Å²) >= 11 is 5.81. The third kappa shape index (κ3) is 2.16. The molecule has 0 aliphatic heterocycles. The molecule has 0 aromatic carbocycles. The van der Waals surface area contributed by atoms with Gasteiger partial charge >= 0.3 is 0 Å². The molecule has 0 bridgehead atoms. The molecule has 11 heavy (non-hydrogen) atoms. The van der Waals surface area contributed by atoms with Crippen molar-refractivity contribution in [3.05, 3.63) is 0 Å². The predicted octanol–water partition coefficient (Wildman–Crippen LogP) is 3.57. The lowest BCUT2D eigenvalue weighted by atomic mass is 9.86. The Kier molecular flexibility index (Phi) is 4.58. The van der Waals surface area contributed by atoms with Gasteiger partial charge in [-0.2, -0.15) is 0 Å². The van der Waals surface area contributed by atoms with Gasteiger partial charge in [0.25, 0.3) is 0 Å². The fourth-order valence-electron chi connectivity index (χ4n) is 1.21. The van der Waals surface area contributed by atoms with E-state index in [0.29, 0.717) is 17.7 Å². The summed E-state index contributed by atoms with van der Waals surface area (Å²) in [5, 5.41) is -0.235. The second-order valence-corrected chi connectivity index (χ2v) is 4.81. The smallest absolute Gasteiger partial charge is 0.163 e. The van der Waals surface area contributed by atoms with Crippen LogP contribution in [-0.2, 0) is 4.57 Å². The summed E-state index contributed by atoms with van der Waals surface area (Å²) in [6.07, 6.45) is 0. The molecule has 0 amide bonds. The van der Waals surface area contributed by atoms with Gasteiger partial charge in [-0.3, -0.25) is 4.57 Å². The number of rotatable bonds is 4. The molecule has 0 fully saturated rings. The van der Waals surface area contributed by atoms with E-state index in [0.717, 1.165) is 0 Å². The van der Waals surface area contributed by atoms with Crippen LogP contribution < -0.4 is 0 Å². The SMILES string of the molecule is CC(C)C(CCl)(P=O)C(C)C. The molecular formula is C8H16ClOP. The fourth-order valence-corrected chi connectivity index (χ4v) is 2.44. The van der Waals surface area contributed by atoms with E-state index in [4.69, 9.17) is 11.6 Å². The van der Waals surface area contributed by atoms with Gasteiger partial charge in [0.2, 0.25) is 0 Å². The molecule has 0 atom stereocenters. The zero-order valence-electron chi connectivity index (χ0n) is 7.60. The minimum Gasteiger partial charge on any atom is -0.274 e. The van der Waals surface area contributed by atoms with Gasteiger partial charge in [0, 0.05) is 5.88 Å². The Labute approximate surface area is 75.7 Å². The Bertz CT molecular complexity index is 126. The quantitative estimate of drug-likeness (QED) is 0.494. The molecule has 0 aliphatic rings. The fraction of sp³-hybridized carbons (Fsp3) is 1.00. The maximum Gasteiger partial charge on any atom is 0.163 e. The molecule has 0 N–H and O–H groups in total. The molecule has 0 unspecified atom stereocenters. The first-order valence-electron chi connectivity index (χ1n) is 3.91. The van der Waals surface area contributed by atoms with Crippen molar-refractivity contribution < 1.29 is 4.57 Å². The zero-order valence-corrected chi connectivity index (χ0v) is 9.25. The van der Waals surface area contributed by atoms with Crippen LogP contribution in [0.2, 0.25) is 0 Å². The standard InChI is InChI=1S/C8H16ClOP/c1-6(2)8(5-9,11-10)7(3)4/h6-7H,5H2,1-4H3. The Balaban J connectivity index is 4.60. The van der Waals surface area contributed by atoms with Crippen LogP contribution >= 0.6 is 20.1 Å². The van der Waals surface area contributed by atoms with Gasteiger partial charge < -0.3 is 0 Å². The highest BCUT2D eigenvalue weighted by atomic mass is 35.5. The molecule has 1 nitrogen and oxygen atoms in total. The van der Waals surface area contributed by atoms with Crippen molar-refractivity contribution in [2.24, 2.45) is 11.8 Å². The van der Waals surface area contributed by atoms with Crippen LogP contribution in [0.3, 0.4) is 0 Å². The topological polar surface area (TPSA) is 17.1 Å². The average Bonchev–Trinajstić information content (AvgIpc) is 1.90. The predicted molar refractivity (Wildman–Crippen MR) is 50.7 cm³/mol. The van der Waals surface area contributed by atoms with E-state index < -0.39 is 0 Å². The van der Waals surface area contributed by atoms with Crippen LogP contribution in [0, 0.1) is 11.8 Å². The molecule has 0 aliphatic carbocycles. The van der Waals surface area contributed by atoms with Crippen LogP contribution in [0.5, 0.6) is 0 Å². The van der Waals surface area contributed by atoms with Gasteiger partial charge in [-0.15, -0.1) is 11.6 Å². The number of alkyl halides is 1. The summed E-state index contributed by atoms with van der Waals surface area (Å²) in [6.45, 7) is 8.25. The van der Waals surface area contributed by atoms with E-state index in [1.54, 1.807) is 0 Å². The van der Waals surface area contributed by atoms with Gasteiger partial charge in [-0.1, -0.05) is 27.7 Å². The Morgan fingerprint density at radius 2 is 1.64 bits per heavy atom. The third-order valence-corrected chi connectivity index (χ3v) is 4.54. The third-order valence-electron chi connectivity index (χ3n) is 2.38. The molecule has 66 valence electrons. The number of hydrogen-bond donors (Lipinski definition) is 0. The van der Waals surface area contributed by atoms with Crippen LogP contribution in [0.4, 0.5) is 0 Å². The molecule has 0 rings (SSSR count). The van der Waals surface area contributed by atoms with Crippen molar-refractivity contribution in [1.82, 2.24) is 0 Å². The monoisotopic (exact) mass is 194 g/mol. The summed E-state index contributed by atoms with van der Waals surface area (Å²) in [4.78, 5) is 0. The van der Waals surface area contributed by atoms with E-state index in [-0.39, 0.29) is 13.6 Å². The maximum absolute atomic E-state index is 11.0. The van der Waals surface area contributed by atoms with Crippen molar-refractivity contribution in [1.29, 1.82) is 0 Å². The summed E-state index contributed by atoms with van der Waals surface area (Å²) < 4.78 is 11.0. The van der Waals surface area contributed by atoms with Gasteiger partial charge in [0.05, 0.1) is 5.16 Å². The average molecular weight is 195 g/mol. The first-order valence-corrected chi connectivity index (χ1v) is 5.26. The molecule has 0 spiro atoms. The second-order valence-electron chi connectivity index (χ2n) is 3.53. The van der Waals surface area contributed by atoms with Crippen molar-refractivity contribution in [3.63, 3.8) is 0 Å². The van der Waals surface area contributed by atoms with Crippen molar-refractivity contribution in [3.8, 4) is 0 Å². The minimum atomic E-state index is -0.235. The van der Waals surface area contributed by atoms with Gasteiger partial charge in [-0.25, -0.2) is 0 Å². The Morgan fingerprint density at radius 3 is 1.64 bits per heavy atom. The van der Waals surface area contributed by atoms with E-state index in [1.807, 2.05) is 0 Å². The normalized spacial score (nSPS) is 13.4. The maximum atomic E-state index is 11.0. The minimum absolute atomic E-state index is 0.175. The molecule has 0 saturated heterocycles. The van der Waals surface area contributed by atoms with Crippen LogP contribution in [0.25, 0.3) is 0 Å². The zero-order chi connectivity index (χ0) is 9.07. The molecule has 0 aromatic rings. The summed E-state index contributed by atoms with van der Waals surface area (Å²) in [5.41, 5.74) is 0. The summed E-state index contributed by atoms with van der Waals surface area (Å²) in [7, 11) is 0.175. The van der Waals surface area contributed by atoms with Crippen molar-refractivity contribution in [2.45, 2.75) is 32.9 Å². The van der Waals surface area contributed by atoms with E-state index >= 15 is 0 Å². The largest absolute Gasteiger partial charge is 0.274 e. The van der Waals surface area contributed by atoms with Gasteiger partial charge in [-0.05, 0) is 11.8 Å². The molecular weight excluding hydrogens is 179 g/mol. The van der Waals surface area contributed by atoms with E-state index in [1.165, 1.54) is 0 Å². The number of halogens is 1. The van der Waals surface area contributed by atoms with Crippen LogP contribution in [0.15, 0.2) is 0 Å². The molecule has 3 heteroatoms. The first kappa shape index (κ1) is 11.4. The number of hydrogen-bond acceptors (Lipinski definition) is 1. The Morgan fingerprint density at radius 1 is 1.27 bits per heavy atom. The highest BCUT2D eigenvalue weighted by Crippen LogP contribution is 2.39. The Hall–Kier alpha value is 0.390. The molecule has 0 saturated carbocycles. The lowest BCUT2D eigenvalue weighted by Gasteiger charge is -2.32. The van der Waals surface area contributed by atoms with Crippen molar-refractivity contribution in [2.75, 3.05) is 5.88 Å². The van der Waals surface area contributed by atoms with E-state index in [9.17, 15) is 4.57 Å². The lowest BCUT2D eigenvalue weighted by molar-refractivity contribution is 0.352.